The molecule has 0 spiro atoms. The predicted molar refractivity (Wildman–Crippen MR) is 98.5 cm³/mol. The molecular formula is C19H28N4O2. The van der Waals surface area contributed by atoms with E-state index in [0.29, 0.717) is 23.7 Å². The first-order valence-corrected chi connectivity index (χ1v) is 9.30. The van der Waals surface area contributed by atoms with Crippen molar-refractivity contribution in [3.8, 4) is 0 Å². The number of carbonyl (C=O) groups excluding carboxylic acids is 2. The van der Waals surface area contributed by atoms with Crippen LogP contribution in [0.2, 0.25) is 0 Å². The highest BCUT2D eigenvalue weighted by atomic mass is 16.2. The average molecular weight is 344 g/mol. The summed E-state index contributed by atoms with van der Waals surface area (Å²) in [5.74, 6) is 0.0162. The summed E-state index contributed by atoms with van der Waals surface area (Å²) in [7, 11) is 0. The van der Waals surface area contributed by atoms with E-state index in [2.05, 4.69) is 15.5 Å². The predicted octanol–water partition coefficient (Wildman–Crippen LogP) is 2.56. The van der Waals surface area contributed by atoms with E-state index < -0.39 is 5.91 Å². The van der Waals surface area contributed by atoms with E-state index in [1.807, 2.05) is 0 Å². The Morgan fingerprint density at radius 3 is 2.72 bits per heavy atom. The molecule has 6 nitrogen and oxygen atoms in total. The molecule has 1 aromatic rings. The molecule has 0 unspecified atom stereocenters. The Morgan fingerprint density at radius 2 is 1.96 bits per heavy atom. The van der Waals surface area contributed by atoms with E-state index >= 15 is 0 Å². The first kappa shape index (κ1) is 17.7. The number of likely N-dealkylation sites (tertiary alicyclic amines) is 1. The maximum Gasteiger partial charge on any atom is 0.319 e. The lowest BCUT2D eigenvalue weighted by Gasteiger charge is -2.31. The fourth-order valence-corrected chi connectivity index (χ4v) is 3.97. The minimum absolute atomic E-state index is 0.238. The molecule has 0 aromatic heterocycles. The number of amides is 3. The SMILES string of the molecule is NC(=O)c1cccc(NC(=O)NC[C@H]2CCN(C3CCCCC3)C2)c1. The van der Waals surface area contributed by atoms with Crippen molar-refractivity contribution in [3.63, 3.8) is 0 Å². The van der Waals surface area contributed by atoms with Gasteiger partial charge in [0.1, 0.15) is 0 Å². The van der Waals surface area contributed by atoms with Crippen molar-refractivity contribution in [2.24, 2.45) is 11.7 Å². The Labute approximate surface area is 149 Å². The van der Waals surface area contributed by atoms with Gasteiger partial charge in [-0.3, -0.25) is 4.79 Å². The quantitative estimate of drug-likeness (QED) is 0.767. The van der Waals surface area contributed by atoms with Gasteiger partial charge in [0.05, 0.1) is 0 Å². The Morgan fingerprint density at radius 1 is 1.16 bits per heavy atom. The third-order valence-electron chi connectivity index (χ3n) is 5.36. The zero-order chi connectivity index (χ0) is 17.6. The topological polar surface area (TPSA) is 87.5 Å². The molecule has 1 atom stereocenters. The lowest BCUT2D eigenvalue weighted by atomic mass is 9.94. The Bertz CT molecular complexity index is 613. The fourth-order valence-electron chi connectivity index (χ4n) is 3.97. The van der Waals surface area contributed by atoms with E-state index in [-0.39, 0.29) is 6.03 Å². The molecule has 0 bridgehead atoms. The first-order valence-electron chi connectivity index (χ1n) is 9.30. The van der Waals surface area contributed by atoms with Gasteiger partial charge in [-0.2, -0.15) is 0 Å². The number of hydrogen-bond acceptors (Lipinski definition) is 3. The average Bonchev–Trinajstić information content (AvgIpc) is 3.10. The Kier molecular flexibility index (Phi) is 5.91. The highest BCUT2D eigenvalue weighted by Gasteiger charge is 2.29. The molecular weight excluding hydrogens is 316 g/mol. The Hall–Kier alpha value is -2.08. The van der Waals surface area contributed by atoms with Crippen LogP contribution in [0, 0.1) is 5.92 Å². The van der Waals surface area contributed by atoms with Crippen LogP contribution in [0.4, 0.5) is 10.5 Å². The van der Waals surface area contributed by atoms with Crippen LogP contribution in [-0.4, -0.2) is 42.5 Å². The summed E-state index contributed by atoms with van der Waals surface area (Å²) in [5.41, 5.74) is 6.22. The van der Waals surface area contributed by atoms with E-state index in [4.69, 9.17) is 5.73 Å². The lowest BCUT2D eigenvalue weighted by Crippen LogP contribution is -2.37. The van der Waals surface area contributed by atoms with Gasteiger partial charge >= 0.3 is 6.03 Å². The van der Waals surface area contributed by atoms with Gasteiger partial charge in [0.2, 0.25) is 5.91 Å². The molecule has 1 aliphatic carbocycles. The maximum absolute atomic E-state index is 12.1. The molecule has 1 heterocycles. The van der Waals surface area contributed by atoms with Crippen LogP contribution < -0.4 is 16.4 Å². The van der Waals surface area contributed by atoms with E-state index in [1.165, 1.54) is 32.1 Å². The minimum Gasteiger partial charge on any atom is -0.366 e. The third-order valence-corrected chi connectivity index (χ3v) is 5.36. The number of benzene rings is 1. The molecule has 25 heavy (non-hydrogen) atoms. The monoisotopic (exact) mass is 344 g/mol. The number of nitrogens with zero attached hydrogens (tertiary/aromatic N) is 1. The van der Waals surface area contributed by atoms with Gasteiger partial charge in [0.25, 0.3) is 0 Å². The number of hydrogen-bond donors (Lipinski definition) is 3. The van der Waals surface area contributed by atoms with Crippen LogP contribution >= 0.6 is 0 Å². The van der Waals surface area contributed by atoms with Gasteiger partial charge in [0.15, 0.2) is 0 Å². The van der Waals surface area contributed by atoms with Crippen LogP contribution in [0.3, 0.4) is 0 Å². The van der Waals surface area contributed by atoms with Crippen molar-refractivity contribution in [1.82, 2.24) is 10.2 Å². The molecule has 0 radical (unpaired) electrons. The molecule has 4 N–H and O–H groups in total. The van der Waals surface area contributed by atoms with Crippen LogP contribution in [0.1, 0.15) is 48.9 Å². The first-order chi connectivity index (χ1) is 12.1. The van der Waals surface area contributed by atoms with E-state index in [0.717, 1.165) is 25.6 Å². The number of nitrogens with two attached hydrogens (primary N) is 1. The smallest absolute Gasteiger partial charge is 0.319 e. The van der Waals surface area contributed by atoms with Gasteiger partial charge in [-0.25, -0.2) is 4.79 Å². The molecule has 136 valence electrons. The zero-order valence-corrected chi connectivity index (χ0v) is 14.7. The van der Waals surface area contributed by atoms with E-state index in [9.17, 15) is 9.59 Å². The summed E-state index contributed by atoms with van der Waals surface area (Å²) in [6.45, 7) is 2.92. The maximum atomic E-state index is 12.1. The second-order valence-electron chi connectivity index (χ2n) is 7.22. The molecule has 1 aromatic carbocycles. The summed E-state index contributed by atoms with van der Waals surface area (Å²) in [6, 6.07) is 7.18. The van der Waals surface area contributed by atoms with Gasteiger partial charge in [-0.1, -0.05) is 25.3 Å². The fraction of sp³-hybridized carbons (Fsp3) is 0.579. The number of urea groups is 1. The Balaban J connectivity index is 1.42. The minimum atomic E-state index is -0.502. The van der Waals surface area contributed by atoms with Crippen molar-refractivity contribution in [2.45, 2.75) is 44.6 Å². The molecule has 2 fully saturated rings. The number of carbonyl (C=O) groups is 2. The number of rotatable bonds is 5. The number of primary amides is 1. The van der Waals surface area contributed by atoms with Gasteiger partial charge in [0, 0.05) is 30.4 Å². The third kappa shape index (κ3) is 4.95. The largest absolute Gasteiger partial charge is 0.366 e. The molecule has 6 heteroatoms. The van der Waals surface area contributed by atoms with Crippen molar-refractivity contribution in [3.05, 3.63) is 29.8 Å². The molecule has 1 saturated heterocycles. The molecule has 3 rings (SSSR count). The highest BCUT2D eigenvalue weighted by molar-refractivity contribution is 5.95. The summed E-state index contributed by atoms with van der Waals surface area (Å²) in [4.78, 5) is 25.9. The molecule has 2 aliphatic rings. The number of anilines is 1. The summed E-state index contributed by atoms with van der Waals surface area (Å²) >= 11 is 0. The molecule has 3 amide bonds. The van der Waals surface area contributed by atoms with Gasteiger partial charge in [-0.05, 0) is 49.9 Å². The normalized spacial score (nSPS) is 21.8. The summed E-state index contributed by atoms with van der Waals surface area (Å²) < 4.78 is 0. The second kappa shape index (κ2) is 8.34. The molecule has 1 saturated carbocycles. The number of nitrogens with one attached hydrogen (secondary N) is 2. The van der Waals surface area contributed by atoms with Gasteiger partial charge < -0.3 is 21.3 Å². The lowest BCUT2D eigenvalue weighted by molar-refractivity contribution is 0.1000. The van der Waals surface area contributed by atoms with Crippen LogP contribution in [0.15, 0.2) is 24.3 Å². The van der Waals surface area contributed by atoms with Crippen LogP contribution in [-0.2, 0) is 0 Å². The van der Waals surface area contributed by atoms with Crippen molar-refractivity contribution >= 4 is 17.6 Å². The van der Waals surface area contributed by atoms with Gasteiger partial charge in [-0.15, -0.1) is 0 Å². The highest BCUT2D eigenvalue weighted by Crippen LogP contribution is 2.27. The van der Waals surface area contributed by atoms with Crippen molar-refractivity contribution < 1.29 is 9.59 Å². The van der Waals surface area contributed by atoms with Crippen LogP contribution in [0.5, 0.6) is 0 Å². The summed E-state index contributed by atoms with van der Waals surface area (Å²) in [6.07, 6.45) is 7.90. The second-order valence-corrected chi connectivity index (χ2v) is 7.22. The van der Waals surface area contributed by atoms with Crippen LogP contribution in [0.25, 0.3) is 0 Å². The standard InChI is InChI=1S/C19H28N4O2/c20-18(24)15-5-4-6-16(11-15)22-19(25)21-12-14-9-10-23(13-14)17-7-2-1-3-8-17/h4-6,11,14,17H,1-3,7-10,12-13H2,(H2,20,24)(H2,21,22,25)/t14-/m1/s1. The zero-order valence-electron chi connectivity index (χ0n) is 14.7. The van der Waals surface area contributed by atoms with Crippen molar-refractivity contribution in [1.29, 1.82) is 0 Å². The summed E-state index contributed by atoms with van der Waals surface area (Å²) in [5, 5.41) is 5.72. The van der Waals surface area contributed by atoms with Crippen molar-refractivity contribution in [2.75, 3.05) is 25.0 Å². The molecule has 1 aliphatic heterocycles. The van der Waals surface area contributed by atoms with E-state index in [1.54, 1.807) is 24.3 Å².